The highest BCUT2D eigenvalue weighted by atomic mass is 16.4. The van der Waals surface area contributed by atoms with E-state index in [9.17, 15) is 4.79 Å². The standard InChI is InChI=1S/C12H10O3/c13-12(14)9-4-3-8-5-10(7-1-2-7)15-11(8)6-9/h3-7H,1-2H2,(H,13,14). The fourth-order valence-corrected chi connectivity index (χ4v) is 1.75. The van der Waals surface area contributed by atoms with Crippen molar-refractivity contribution in [2.45, 2.75) is 18.8 Å². The van der Waals surface area contributed by atoms with E-state index in [1.807, 2.05) is 6.07 Å². The van der Waals surface area contributed by atoms with E-state index in [1.54, 1.807) is 18.2 Å². The molecule has 1 saturated carbocycles. The molecule has 0 saturated heterocycles. The van der Waals surface area contributed by atoms with Gasteiger partial charge in [-0.3, -0.25) is 0 Å². The number of furan rings is 1. The van der Waals surface area contributed by atoms with Gasteiger partial charge in [0.15, 0.2) is 0 Å². The minimum absolute atomic E-state index is 0.277. The number of hydrogen-bond donors (Lipinski definition) is 1. The van der Waals surface area contributed by atoms with Crippen LogP contribution < -0.4 is 0 Å². The topological polar surface area (TPSA) is 50.4 Å². The Bertz CT molecular complexity index is 535. The van der Waals surface area contributed by atoms with Gasteiger partial charge in [0.1, 0.15) is 11.3 Å². The Morgan fingerprint density at radius 2 is 2.13 bits per heavy atom. The highest BCUT2D eigenvalue weighted by molar-refractivity contribution is 5.92. The molecular formula is C12H10O3. The van der Waals surface area contributed by atoms with Crippen molar-refractivity contribution >= 4 is 16.9 Å². The smallest absolute Gasteiger partial charge is 0.335 e. The van der Waals surface area contributed by atoms with Gasteiger partial charge in [-0.05, 0) is 31.0 Å². The lowest BCUT2D eigenvalue weighted by Gasteiger charge is -1.92. The van der Waals surface area contributed by atoms with E-state index in [2.05, 4.69) is 0 Å². The Kier molecular flexibility index (Phi) is 1.63. The Morgan fingerprint density at radius 1 is 1.33 bits per heavy atom. The maximum Gasteiger partial charge on any atom is 0.335 e. The predicted molar refractivity (Wildman–Crippen MR) is 55.1 cm³/mol. The van der Waals surface area contributed by atoms with E-state index in [1.165, 1.54) is 12.8 Å². The van der Waals surface area contributed by atoms with E-state index >= 15 is 0 Å². The van der Waals surface area contributed by atoms with E-state index < -0.39 is 5.97 Å². The molecule has 0 spiro atoms. The number of carboxylic acid groups (broad SMARTS) is 1. The lowest BCUT2D eigenvalue weighted by Crippen LogP contribution is -1.94. The minimum atomic E-state index is -0.915. The van der Waals surface area contributed by atoms with Gasteiger partial charge in [-0.15, -0.1) is 0 Å². The van der Waals surface area contributed by atoms with Crippen LogP contribution in [0.4, 0.5) is 0 Å². The normalized spacial score (nSPS) is 15.7. The van der Waals surface area contributed by atoms with Gasteiger partial charge in [0.2, 0.25) is 0 Å². The summed E-state index contributed by atoms with van der Waals surface area (Å²) in [4.78, 5) is 10.8. The van der Waals surface area contributed by atoms with Gasteiger partial charge < -0.3 is 9.52 Å². The molecule has 0 bridgehead atoms. The summed E-state index contributed by atoms with van der Waals surface area (Å²) in [6.07, 6.45) is 2.37. The van der Waals surface area contributed by atoms with Crippen molar-refractivity contribution in [3.8, 4) is 0 Å². The highest BCUT2D eigenvalue weighted by Crippen LogP contribution is 2.42. The SMILES string of the molecule is O=C(O)c1ccc2cc(C3CC3)oc2c1. The third kappa shape index (κ3) is 1.40. The van der Waals surface area contributed by atoms with Gasteiger partial charge in [0.05, 0.1) is 5.56 Å². The van der Waals surface area contributed by atoms with E-state index in [0.717, 1.165) is 11.1 Å². The first-order chi connectivity index (χ1) is 7.24. The molecule has 3 heteroatoms. The number of aromatic carboxylic acids is 1. The molecule has 76 valence electrons. The van der Waals surface area contributed by atoms with Crippen LogP contribution in [0.5, 0.6) is 0 Å². The molecule has 1 N–H and O–H groups in total. The summed E-state index contributed by atoms with van der Waals surface area (Å²) < 4.78 is 5.62. The second-order valence-electron chi connectivity index (χ2n) is 3.98. The van der Waals surface area contributed by atoms with Crippen molar-refractivity contribution < 1.29 is 14.3 Å². The van der Waals surface area contributed by atoms with Gasteiger partial charge in [-0.2, -0.15) is 0 Å². The molecule has 3 rings (SSSR count). The Balaban J connectivity index is 2.13. The quantitative estimate of drug-likeness (QED) is 0.814. The van der Waals surface area contributed by atoms with Gasteiger partial charge in [-0.25, -0.2) is 4.79 Å². The molecule has 2 aromatic rings. The maximum atomic E-state index is 10.8. The summed E-state index contributed by atoms with van der Waals surface area (Å²) in [5.74, 6) is 0.638. The Labute approximate surface area is 86.3 Å². The molecular weight excluding hydrogens is 192 g/mol. The molecule has 15 heavy (non-hydrogen) atoms. The molecule has 1 fully saturated rings. The van der Waals surface area contributed by atoms with Crippen LogP contribution in [0.25, 0.3) is 11.0 Å². The number of carbonyl (C=O) groups is 1. The van der Waals surface area contributed by atoms with Crippen LogP contribution in [-0.4, -0.2) is 11.1 Å². The van der Waals surface area contributed by atoms with E-state index in [-0.39, 0.29) is 5.56 Å². The van der Waals surface area contributed by atoms with Crippen molar-refractivity contribution in [1.29, 1.82) is 0 Å². The predicted octanol–water partition coefficient (Wildman–Crippen LogP) is 3.01. The van der Waals surface area contributed by atoms with Crippen molar-refractivity contribution in [3.63, 3.8) is 0 Å². The number of rotatable bonds is 2. The van der Waals surface area contributed by atoms with Gasteiger partial charge in [-0.1, -0.05) is 6.07 Å². The van der Waals surface area contributed by atoms with Crippen LogP contribution in [0.15, 0.2) is 28.7 Å². The van der Waals surface area contributed by atoms with Crippen LogP contribution in [0.3, 0.4) is 0 Å². The monoisotopic (exact) mass is 202 g/mol. The molecule has 1 aromatic carbocycles. The first-order valence-electron chi connectivity index (χ1n) is 5.01. The number of hydrogen-bond acceptors (Lipinski definition) is 2. The van der Waals surface area contributed by atoms with E-state index in [0.29, 0.717) is 11.5 Å². The van der Waals surface area contributed by atoms with Crippen molar-refractivity contribution in [2.24, 2.45) is 0 Å². The number of fused-ring (bicyclic) bond motifs is 1. The molecule has 0 atom stereocenters. The number of benzene rings is 1. The van der Waals surface area contributed by atoms with Crippen LogP contribution in [0.1, 0.15) is 34.9 Å². The van der Waals surface area contributed by atoms with Gasteiger partial charge in [0.25, 0.3) is 0 Å². The van der Waals surface area contributed by atoms with Crippen LogP contribution in [0, 0.1) is 0 Å². The van der Waals surface area contributed by atoms with Gasteiger partial charge in [0, 0.05) is 11.3 Å². The average molecular weight is 202 g/mol. The van der Waals surface area contributed by atoms with Crippen LogP contribution in [-0.2, 0) is 0 Å². The lowest BCUT2D eigenvalue weighted by molar-refractivity contribution is 0.0697. The zero-order valence-electron chi connectivity index (χ0n) is 8.06. The molecule has 1 heterocycles. The van der Waals surface area contributed by atoms with Gasteiger partial charge >= 0.3 is 5.97 Å². The zero-order valence-corrected chi connectivity index (χ0v) is 8.06. The molecule has 1 aliphatic carbocycles. The summed E-state index contributed by atoms with van der Waals surface area (Å²) in [7, 11) is 0. The Hall–Kier alpha value is -1.77. The van der Waals surface area contributed by atoms with E-state index in [4.69, 9.17) is 9.52 Å². The zero-order chi connectivity index (χ0) is 10.4. The molecule has 3 nitrogen and oxygen atoms in total. The van der Waals surface area contributed by atoms with Crippen LogP contribution in [0.2, 0.25) is 0 Å². The maximum absolute atomic E-state index is 10.8. The van der Waals surface area contributed by atoms with Crippen molar-refractivity contribution in [3.05, 3.63) is 35.6 Å². The lowest BCUT2D eigenvalue weighted by atomic mass is 10.1. The first-order valence-corrected chi connectivity index (χ1v) is 5.01. The summed E-state index contributed by atoms with van der Waals surface area (Å²) in [5.41, 5.74) is 0.955. The van der Waals surface area contributed by atoms with Crippen LogP contribution >= 0.6 is 0 Å². The summed E-state index contributed by atoms with van der Waals surface area (Å²) in [5, 5.41) is 9.82. The van der Waals surface area contributed by atoms with Crippen molar-refractivity contribution in [1.82, 2.24) is 0 Å². The second kappa shape index (κ2) is 2.86. The number of carboxylic acids is 1. The molecule has 0 radical (unpaired) electrons. The minimum Gasteiger partial charge on any atom is -0.478 e. The largest absolute Gasteiger partial charge is 0.478 e. The highest BCUT2D eigenvalue weighted by Gasteiger charge is 2.27. The fourth-order valence-electron chi connectivity index (χ4n) is 1.75. The molecule has 1 aliphatic rings. The third-order valence-electron chi connectivity index (χ3n) is 2.77. The molecule has 0 amide bonds. The second-order valence-corrected chi connectivity index (χ2v) is 3.98. The third-order valence-corrected chi connectivity index (χ3v) is 2.77. The molecule has 0 aliphatic heterocycles. The Morgan fingerprint density at radius 3 is 2.80 bits per heavy atom. The fraction of sp³-hybridized carbons (Fsp3) is 0.250. The molecule has 0 unspecified atom stereocenters. The first kappa shape index (κ1) is 8.53. The van der Waals surface area contributed by atoms with Crippen molar-refractivity contribution in [2.75, 3.05) is 0 Å². The summed E-state index contributed by atoms with van der Waals surface area (Å²) in [6.45, 7) is 0. The summed E-state index contributed by atoms with van der Waals surface area (Å²) >= 11 is 0. The average Bonchev–Trinajstić information content (AvgIpc) is 2.97. The molecule has 1 aromatic heterocycles. The summed E-state index contributed by atoms with van der Waals surface area (Å²) in [6, 6.07) is 7.01.